The molecule has 0 amide bonds. The molecule has 0 saturated heterocycles. The van der Waals surface area contributed by atoms with Crippen molar-refractivity contribution in [2.75, 3.05) is 0 Å². The Morgan fingerprint density at radius 1 is 1.43 bits per heavy atom. The molecule has 2 heteroatoms. The lowest BCUT2D eigenvalue weighted by Crippen LogP contribution is -1.83. The second-order valence-electron chi connectivity index (χ2n) is 3.28. The average molecular weight is 189 g/mol. The van der Waals surface area contributed by atoms with Crippen molar-refractivity contribution in [2.45, 2.75) is 19.8 Å². The van der Waals surface area contributed by atoms with Crippen molar-refractivity contribution in [3.63, 3.8) is 0 Å². The van der Waals surface area contributed by atoms with Crippen molar-refractivity contribution in [1.82, 2.24) is 0 Å². The minimum atomic E-state index is 0.393. The molecule has 0 spiro atoms. The van der Waals surface area contributed by atoms with Crippen LogP contribution in [0.1, 0.15) is 31.1 Å². The predicted octanol–water partition coefficient (Wildman–Crippen LogP) is 3.93. The molecule has 0 atom stereocenters. The van der Waals surface area contributed by atoms with Gasteiger partial charge in [-0.2, -0.15) is 0 Å². The van der Waals surface area contributed by atoms with Crippen LogP contribution >= 0.6 is 0 Å². The van der Waals surface area contributed by atoms with E-state index in [0.717, 1.165) is 11.3 Å². The van der Waals surface area contributed by atoms with Gasteiger partial charge in [-0.3, -0.25) is 4.99 Å². The van der Waals surface area contributed by atoms with Crippen LogP contribution in [0.15, 0.2) is 34.9 Å². The average Bonchev–Trinajstić information content (AvgIpc) is 2.57. The molecule has 0 radical (unpaired) electrons. The van der Waals surface area contributed by atoms with E-state index in [1.807, 2.05) is 0 Å². The fraction of sp³-hybridized carbons (Fsp3) is 0.250. The van der Waals surface area contributed by atoms with E-state index in [2.05, 4.69) is 32.0 Å². The standard InChI is InChI=1S/C12H15NO/c1-5-7-13-12-10(9(3)4)8-14-11(12)6-2/h5-9H,1-2H2,3-4H3. The number of furan rings is 1. The zero-order valence-electron chi connectivity index (χ0n) is 8.66. The maximum absolute atomic E-state index is 5.34. The molecular formula is C12H15NO. The van der Waals surface area contributed by atoms with E-state index in [1.54, 1.807) is 24.6 Å². The fourth-order valence-electron chi connectivity index (χ4n) is 1.20. The minimum Gasteiger partial charge on any atom is -0.462 e. The van der Waals surface area contributed by atoms with E-state index < -0.39 is 0 Å². The van der Waals surface area contributed by atoms with E-state index >= 15 is 0 Å². The first kappa shape index (κ1) is 10.5. The fourth-order valence-corrected chi connectivity index (χ4v) is 1.20. The summed E-state index contributed by atoms with van der Waals surface area (Å²) < 4.78 is 5.34. The Morgan fingerprint density at radius 2 is 2.14 bits per heavy atom. The number of hydrogen-bond acceptors (Lipinski definition) is 2. The lowest BCUT2D eigenvalue weighted by molar-refractivity contribution is 0.552. The maximum Gasteiger partial charge on any atom is 0.151 e. The van der Waals surface area contributed by atoms with Crippen molar-refractivity contribution in [1.29, 1.82) is 0 Å². The number of nitrogens with zero attached hydrogens (tertiary/aromatic N) is 1. The molecule has 1 aromatic heterocycles. The highest BCUT2D eigenvalue weighted by Gasteiger charge is 2.12. The molecule has 0 aromatic carbocycles. The van der Waals surface area contributed by atoms with Crippen LogP contribution in [-0.2, 0) is 0 Å². The summed E-state index contributed by atoms with van der Waals surface area (Å²) in [4.78, 5) is 4.27. The third kappa shape index (κ3) is 2.02. The lowest BCUT2D eigenvalue weighted by Gasteiger charge is -2.01. The Bertz CT molecular complexity index is 358. The van der Waals surface area contributed by atoms with Gasteiger partial charge in [0.05, 0.1) is 6.26 Å². The van der Waals surface area contributed by atoms with Crippen LogP contribution in [0.25, 0.3) is 6.08 Å². The first-order chi connectivity index (χ1) is 6.70. The molecule has 0 aliphatic rings. The van der Waals surface area contributed by atoms with Gasteiger partial charge in [0.25, 0.3) is 0 Å². The molecule has 0 fully saturated rings. The third-order valence-corrected chi connectivity index (χ3v) is 1.94. The van der Waals surface area contributed by atoms with Gasteiger partial charge < -0.3 is 4.42 Å². The molecule has 0 saturated carbocycles. The van der Waals surface area contributed by atoms with Gasteiger partial charge in [-0.15, -0.1) is 0 Å². The van der Waals surface area contributed by atoms with E-state index in [-0.39, 0.29) is 0 Å². The van der Waals surface area contributed by atoms with Crippen molar-refractivity contribution >= 4 is 18.0 Å². The van der Waals surface area contributed by atoms with Gasteiger partial charge in [-0.25, -0.2) is 0 Å². The summed E-state index contributed by atoms with van der Waals surface area (Å²) in [5.41, 5.74) is 1.95. The van der Waals surface area contributed by atoms with Gasteiger partial charge in [-0.05, 0) is 12.0 Å². The third-order valence-electron chi connectivity index (χ3n) is 1.94. The number of allylic oxidation sites excluding steroid dienone is 1. The highest BCUT2D eigenvalue weighted by molar-refractivity contribution is 5.76. The molecule has 0 N–H and O–H groups in total. The number of aliphatic imine (C=N–C) groups is 1. The Balaban J connectivity index is 3.18. The zero-order chi connectivity index (χ0) is 10.6. The van der Waals surface area contributed by atoms with Crippen LogP contribution in [0.3, 0.4) is 0 Å². The van der Waals surface area contributed by atoms with Gasteiger partial charge in [0, 0.05) is 11.8 Å². The van der Waals surface area contributed by atoms with Gasteiger partial charge >= 0.3 is 0 Å². The second kappa shape index (κ2) is 4.61. The molecule has 1 aromatic rings. The zero-order valence-corrected chi connectivity index (χ0v) is 8.66. The quantitative estimate of drug-likeness (QED) is 0.659. The summed E-state index contributed by atoms with van der Waals surface area (Å²) in [7, 11) is 0. The summed E-state index contributed by atoms with van der Waals surface area (Å²) in [6.45, 7) is 11.5. The van der Waals surface area contributed by atoms with Crippen molar-refractivity contribution in [3.8, 4) is 0 Å². The van der Waals surface area contributed by atoms with Crippen LogP contribution in [0.2, 0.25) is 0 Å². The molecule has 1 rings (SSSR count). The summed E-state index contributed by atoms with van der Waals surface area (Å²) in [6, 6.07) is 0. The van der Waals surface area contributed by atoms with Gasteiger partial charge in [0.1, 0.15) is 5.69 Å². The molecule has 1 heterocycles. The summed E-state index contributed by atoms with van der Waals surface area (Å²) in [6.07, 6.45) is 6.70. The van der Waals surface area contributed by atoms with Crippen molar-refractivity contribution in [3.05, 3.63) is 36.8 Å². The SMILES string of the molecule is C=CC=Nc1c(C(C)C)coc1C=C. The van der Waals surface area contributed by atoms with Crippen LogP contribution in [-0.4, -0.2) is 6.21 Å². The van der Waals surface area contributed by atoms with Crippen molar-refractivity contribution in [2.24, 2.45) is 4.99 Å². The van der Waals surface area contributed by atoms with Gasteiger partial charge in [0.15, 0.2) is 5.76 Å². The molecule has 2 nitrogen and oxygen atoms in total. The Kier molecular flexibility index (Phi) is 3.46. The van der Waals surface area contributed by atoms with Gasteiger partial charge in [0.2, 0.25) is 0 Å². The van der Waals surface area contributed by atoms with Gasteiger partial charge in [-0.1, -0.05) is 33.1 Å². The number of hydrogen-bond donors (Lipinski definition) is 0. The van der Waals surface area contributed by atoms with Crippen LogP contribution in [0.5, 0.6) is 0 Å². The van der Waals surface area contributed by atoms with E-state index in [9.17, 15) is 0 Å². The van der Waals surface area contributed by atoms with Crippen LogP contribution < -0.4 is 0 Å². The molecule has 74 valence electrons. The molecule has 0 aliphatic carbocycles. The lowest BCUT2D eigenvalue weighted by atomic mass is 10.1. The Hall–Kier alpha value is -1.57. The summed E-state index contributed by atoms with van der Waals surface area (Å²) in [5.74, 6) is 1.11. The first-order valence-corrected chi connectivity index (χ1v) is 4.59. The number of rotatable bonds is 4. The molecular weight excluding hydrogens is 174 g/mol. The smallest absolute Gasteiger partial charge is 0.151 e. The normalized spacial score (nSPS) is 11.1. The highest BCUT2D eigenvalue weighted by atomic mass is 16.3. The molecule has 0 bridgehead atoms. The topological polar surface area (TPSA) is 25.5 Å². The molecule has 0 unspecified atom stereocenters. The maximum atomic E-state index is 5.34. The summed E-state index contributed by atoms with van der Waals surface area (Å²) in [5, 5.41) is 0. The minimum absolute atomic E-state index is 0.393. The monoisotopic (exact) mass is 189 g/mol. The largest absolute Gasteiger partial charge is 0.462 e. The van der Waals surface area contributed by atoms with E-state index in [1.165, 1.54) is 0 Å². The highest BCUT2D eigenvalue weighted by Crippen LogP contribution is 2.32. The molecule has 0 aliphatic heterocycles. The molecule has 14 heavy (non-hydrogen) atoms. The summed E-state index contributed by atoms with van der Waals surface area (Å²) >= 11 is 0. The van der Waals surface area contributed by atoms with E-state index in [0.29, 0.717) is 11.7 Å². The van der Waals surface area contributed by atoms with Crippen LogP contribution in [0.4, 0.5) is 5.69 Å². The van der Waals surface area contributed by atoms with Crippen LogP contribution in [0, 0.1) is 0 Å². The Labute approximate surface area is 84.7 Å². The van der Waals surface area contributed by atoms with E-state index in [4.69, 9.17) is 4.42 Å². The second-order valence-corrected chi connectivity index (χ2v) is 3.28. The van der Waals surface area contributed by atoms with Crippen molar-refractivity contribution < 1.29 is 4.42 Å². The Morgan fingerprint density at radius 3 is 2.64 bits per heavy atom. The first-order valence-electron chi connectivity index (χ1n) is 4.59. The predicted molar refractivity (Wildman–Crippen MR) is 61.2 cm³/mol.